The van der Waals surface area contributed by atoms with Crippen LogP contribution in [0.2, 0.25) is 0 Å². The summed E-state index contributed by atoms with van der Waals surface area (Å²) in [6, 6.07) is 1.74. The van der Waals surface area contributed by atoms with Crippen molar-refractivity contribution < 1.29 is 18.9 Å². The van der Waals surface area contributed by atoms with Crippen molar-refractivity contribution in [1.82, 2.24) is 0 Å². The first-order chi connectivity index (χ1) is 10.4. The highest BCUT2D eigenvalue weighted by atomic mass is 35.5. The van der Waals surface area contributed by atoms with Crippen LogP contribution in [0.25, 0.3) is 10.1 Å². The molecule has 1 aromatic carbocycles. The van der Waals surface area contributed by atoms with Crippen LogP contribution in [-0.4, -0.2) is 28.8 Å². The zero-order valence-corrected chi connectivity index (χ0v) is 14.7. The van der Waals surface area contributed by atoms with Crippen LogP contribution in [0.5, 0.6) is 5.75 Å². The lowest BCUT2D eigenvalue weighted by Crippen LogP contribution is -2.21. The molecule has 0 unspecified atom stereocenters. The minimum absolute atomic E-state index is 0.219. The number of anilines is 1. The smallest absolute Gasteiger partial charge is 0.403 e. The van der Waals surface area contributed by atoms with Crippen molar-refractivity contribution in [3.8, 4) is 5.75 Å². The lowest BCUT2D eigenvalue weighted by atomic mass is 9.97. The van der Waals surface area contributed by atoms with Gasteiger partial charge in [0.25, 0.3) is 0 Å². The molecule has 5 nitrogen and oxygen atoms in total. The number of phosphoric acid groups is 1. The summed E-state index contributed by atoms with van der Waals surface area (Å²) in [4.78, 5) is 20.5. The molecule has 2 aromatic rings. The molecule has 3 rings (SSSR count). The second kappa shape index (κ2) is 5.69. The van der Waals surface area contributed by atoms with Crippen molar-refractivity contribution in [1.29, 1.82) is 0 Å². The maximum Gasteiger partial charge on any atom is 0.524 e. The number of phosphoric ester groups is 1. The molecule has 22 heavy (non-hydrogen) atoms. The van der Waals surface area contributed by atoms with E-state index in [1.54, 1.807) is 6.07 Å². The summed E-state index contributed by atoms with van der Waals surface area (Å²) >= 11 is 7.58. The standard InChI is InChI=1S/C14H17ClNO4PS/c1-3-16-6-9(5-15)13-10(16)4-11(20-21(17,18)19)14-12(13)8(2)7-22-14/h4,7,9H,3,5-6H2,1-2H3,(H2,17,18,19)/t9-/m1/s1. The predicted octanol–water partition coefficient (Wildman–Crippen LogP) is 3.84. The lowest BCUT2D eigenvalue weighted by Gasteiger charge is -2.18. The van der Waals surface area contributed by atoms with Crippen LogP contribution in [0, 0.1) is 6.92 Å². The third-order valence-corrected chi connectivity index (χ3v) is 5.91. The molecule has 0 bridgehead atoms. The molecule has 0 spiro atoms. The van der Waals surface area contributed by atoms with Crippen LogP contribution in [0.3, 0.4) is 0 Å². The van der Waals surface area contributed by atoms with Gasteiger partial charge in [0.15, 0.2) is 5.75 Å². The number of likely N-dealkylation sites (N-methyl/N-ethyl adjacent to an activating group) is 1. The van der Waals surface area contributed by atoms with Gasteiger partial charge in [-0.3, -0.25) is 9.79 Å². The molecular formula is C14H17ClNO4PS. The van der Waals surface area contributed by atoms with Gasteiger partial charge in [0.05, 0.1) is 4.70 Å². The predicted molar refractivity (Wildman–Crippen MR) is 90.6 cm³/mol. The Morgan fingerprint density at radius 2 is 2.27 bits per heavy atom. The van der Waals surface area contributed by atoms with Crippen molar-refractivity contribution in [2.45, 2.75) is 19.8 Å². The fourth-order valence-corrected chi connectivity index (χ4v) is 4.84. The number of benzene rings is 1. The highest BCUT2D eigenvalue weighted by Crippen LogP contribution is 2.51. The van der Waals surface area contributed by atoms with Crippen molar-refractivity contribution in [3.63, 3.8) is 0 Å². The number of halogens is 1. The van der Waals surface area contributed by atoms with Gasteiger partial charge in [-0.05, 0) is 30.4 Å². The molecule has 2 N–H and O–H groups in total. The average Bonchev–Trinajstić information content (AvgIpc) is 2.98. The minimum atomic E-state index is -4.60. The number of nitrogens with zero attached hydrogens (tertiary/aromatic N) is 1. The molecule has 1 aliphatic heterocycles. The maximum absolute atomic E-state index is 11.3. The molecule has 0 saturated heterocycles. The van der Waals surface area contributed by atoms with E-state index in [4.69, 9.17) is 25.9 Å². The van der Waals surface area contributed by atoms with Gasteiger partial charge in [-0.2, -0.15) is 0 Å². The fourth-order valence-electron chi connectivity index (χ4n) is 3.11. The Hall–Kier alpha value is -0.780. The normalized spacial score (nSPS) is 18.0. The Morgan fingerprint density at radius 1 is 1.55 bits per heavy atom. The number of rotatable bonds is 4. The molecule has 2 heterocycles. The van der Waals surface area contributed by atoms with E-state index >= 15 is 0 Å². The fraction of sp³-hybridized carbons (Fsp3) is 0.429. The molecule has 0 radical (unpaired) electrons. The summed E-state index contributed by atoms with van der Waals surface area (Å²) in [7, 11) is -4.60. The van der Waals surface area contributed by atoms with Crippen molar-refractivity contribution in [2.75, 3.05) is 23.9 Å². The van der Waals surface area contributed by atoms with E-state index in [-0.39, 0.29) is 11.7 Å². The van der Waals surface area contributed by atoms with Gasteiger partial charge in [-0.1, -0.05) is 0 Å². The molecule has 1 atom stereocenters. The molecule has 8 heteroatoms. The third-order valence-electron chi connectivity index (χ3n) is 3.99. The largest absolute Gasteiger partial charge is 0.524 e. The first kappa shape index (κ1) is 16.1. The van der Waals surface area contributed by atoms with Crippen molar-refractivity contribution in [2.24, 2.45) is 0 Å². The van der Waals surface area contributed by atoms with Crippen LogP contribution in [0.15, 0.2) is 11.4 Å². The Morgan fingerprint density at radius 3 is 2.86 bits per heavy atom. The van der Waals surface area contributed by atoms with Crippen LogP contribution in [-0.2, 0) is 4.57 Å². The third kappa shape index (κ3) is 2.63. The first-order valence-corrected chi connectivity index (χ1v) is 9.91. The van der Waals surface area contributed by atoms with E-state index < -0.39 is 7.82 Å². The Balaban J connectivity index is 2.29. The highest BCUT2D eigenvalue weighted by Gasteiger charge is 2.32. The molecule has 0 amide bonds. The summed E-state index contributed by atoms with van der Waals surface area (Å²) in [5, 5.41) is 3.00. The van der Waals surface area contributed by atoms with Gasteiger partial charge in [0.2, 0.25) is 0 Å². The number of fused-ring (bicyclic) bond motifs is 3. The lowest BCUT2D eigenvalue weighted by molar-refractivity contribution is 0.284. The van der Waals surface area contributed by atoms with E-state index in [0.717, 1.165) is 34.4 Å². The number of aryl methyl sites for hydroxylation is 1. The molecule has 0 aliphatic carbocycles. The van der Waals surface area contributed by atoms with Gasteiger partial charge in [-0.15, -0.1) is 22.9 Å². The van der Waals surface area contributed by atoms with Gasteiger partial charge in [-0.25, -0.2) is 4.57 Å². The van der Waals surface area contributed by atoms with E-state index in [1.165, 1.54) is 16.9 Å². The summed E-state index contributed by atoms with van der Waals surface area (Å²) in [6.45, 7) is 5.68. The SMILES string of the molecule is CCN1C[C@@H](CCl)c2c1cc(OP(=O)(O)O)c1scc(C)c21. The second-order valence-corrected chi connectivity index (χ2v) is 7.75. The second-order valence-electron chi connectivity index (χ2n) is 5.40. The molecule has 0 fully saturated rings. The maximum atomic E-state index is 11.3. The number of hydrogen-bond donors (Lipinski definition) is 2. The van der Waals surface area contributed by atoms with Crippen molar-refractivity contribution >= 4 is 46.5 Å². The van der Waals surface area contributed by atoms with Gasteiger partial charge in [0.1, 0.15) is 0 Å². The number of hydrogen-bond acceptors (Lipinski definition) is 4. The average molecular weight is 362 g/mol. The summed E-state index contributed by atoms with van der Waals surface area (Å²) in [5.41, 5.74) is 3.22. The van der Waals surface area contributed by atoms with E-state index in [1.807, 2.05) is 12.3 Å². The van der Waals surface area contributed by atoms with Crippen LogP contribution in [0.4, 0.5) is 5.69 Å². The molecule has 1 aliphatic rings. The van der Waals surface area contributed by atoms with E-state index in [0.29, 0.717) is 5.88 Å². The van der Waals surface area contributed by atoms with Crippen LogP contribution >= 0.6 is 30.8 Å². The Kier molecular flexibility index (Phi) is 4.16. The Bertz CT molecular complexity index is 772. The molecule has 0 saturated carbocycles. The van der Waals surface area contributed by atoms with Crippen LogP contribution < -0.4 is 9.42 Å². The molecular weight excluding hydrogens is 345 g/mol. The van der Waals surface area contributed by atoms with Gasteiger partial charge >= 0.3 is 7.82 Å². The Labute approximate surface area is 137 Å². The summed E-state index contributed by atoms with van der Waals surface area (Å²) in [5.74, 6) is 0.984. The monoisotopic (exact) mass is 361 g/mol. The topological polar surface area (TPSA) is 70.0 Å². The van der Waals surface area contributed by atoms with Crippen molar-refractivity contribution in [3.05, 3.63) is 22.6 Å². The van der Waals surface area contributed by atoms with Crippen LogP contribution in [0.1, 0.15) is 24.0 Å². The zero-order valence-electron chi connectivity index (χ0n) is 12.2. The molecule has 120 valence electrons. The van der Waals surface area contributed by atoms with Gasteiger partial charge in [0, 0.05) is 42.0 Å². The number of thiophene rings is 1. The van der Waals surface area contributed by atoms with Gasteiger partial charge < -0.3 is 9.42 Å². The van der Waals surface area contributed by atoms with E-state index in [9.17, 15) is 4.57 Å². The minimum Gasteiger partial charge on any atom is -0.403 e. The quantitative estimate of drug-likeness (QED) is 0.639. The molecule has 1 aromatic heterocycles. The number of alkyl halides is 1. The van der Waals surface area contributed by atoms with E-state index in [2.05, 4.69) is 11.8 Å². The zero-order chi connectivity index (χ0) is 16.1. The summed E-state index contributed by atoms with van der Waals surface area (Å²) < 4.78 is 17.0. The highest BCUT2D eigenvalue weighted by molar-refractivity contribution is 7.46. The first-order valence-electron chi connectivity index (χ1n) is 6.96. The summed E-state index contributed by atoms with van der Waals surface area (Å²) in [6.07, 6.45) is 0.